The fourth-order valence-electron chi connectivity index (χ4n) is 3.94. The molecule has 0 saturated carbocycles. The summed E-state index contributed by atoms with van der Waals surface area (Å²) in [4.78, 5) is 15.1. The van der Waals surface area contributed by atoms with E-state index in [4.69, 9.17) is 4.74 Å². The highest BCUT2D eigenvalue weighted by Crippen LogP contribution is 2.41. The minimum Gasteiger partial charge on any atom is -0.381 e. The first-order chi connectivity index (χ1) is 11.3. The number of carbonyl (C=O) groups excluding carboxylic acids is 1. The highest BCUT2D eigenvalue weighted by atomic mass is 32.1. The molecule has 1 aromatic heterocycles. The van der Waals surface area contributed by atoms with E-state index >= 15 is 0 Å². The predicted octanol–water partition coefficient (Wildman–Crippen LogP) is 3.10. The van der Waals surface area contributed by atoms with Gasteiger partial charge in [-0.05, 0) is 30.4 Å². The van der Waals surface area contributed by atoms with Crippen LogP contribution in [0.2, 0.25) is 0 Å². The van der Waals surface area contributed by atoms with Gasteiger partial charge in [-0.15, -0.1) is 0 Å². The van der Waals surface area contributed by atoms with Gasteiger partial charge in [-0.1, -0.05) is 30.3 Å². The van der Waals surface area contributed by atoms with Crippen molar-refractivity contribution in [2.45, 2.75) is 25.3 Å². The standard InChI is InChI=1S/C18H20N2O2S/c1-12-16(11-23-19-12)18(21)20-9-14(13-5-3-2-4-6-13)15-10-22-8-7-17(15)20/h2-6,11,14-15,17H,7-10H2,1H3. The number of rotatable bonds is 2. The van der Waals surface area contributed by atoms with Crippen molar-refractivity contribution in [3.63, 3.8) is 0 Å². The van der Waals surface area contributed by atoms with Crippen LogP contribution in [-0.2, 0) is 4.74 Å². The number of amides is 1. The van der Waals surface area contributed by atoms with Crippen molar-refractivity contribution >= 4 is 17.4 Å². The molecule has 0 N–H and O–H groups in total. The van der Waals surface area contributed by atoms with Crippen molar-refractivity contribution < 1.29 is 9.53 Å². The maximum absolute atomic E-state index is 13.0. The fraction of sp³-hybridized carbons (Fsp3) is 0.444. The summed E-state index contributed by atoms with van der Waals surface area (Å²) in [5.41, 5.74) is 2.91. The average molecular weight is 328 g/mol. The fourth-order valence-corrected chi connectivity index (χ4v) is 4.63. The van der Waals surface area contributed by atoms with Gasteiger partial charge in [-0.2, -0.15) is 4.37 Å². The zero-order valence-electron chi connectivity index (χ0n) is 13.1. The maximum Gasteiger partial charge on any atom is 0.256 e. The molecule has 3 heterocycles. The van der Waals surface area contributed by atoms with Crippen LogP contribution in [0.15, 0.2) is 35.7 Å². The van der Waals surface area contributed by atoms with Gasteiger partial charge < -0.3 is 9.64 Å². The lowest BCUT2D eigenvalue weighted by Crippen LogP contribution is -2.42. The van der Waals surface area contributed by atoms with Crippen LogP contribution in [0.4, 0.5) is 0 Å². The van der Waals surface area contributed by atoms with E-state index in [-0.39, 0.29) is 11.9 Å². The number of ether oxygens (including phenoxy) is 1. The number of likely N-dealkylation sites (tertiary alicyclic amines) is 1. The second kappa shape index (κ2) is 6.06. The smallest absolute Gasteiger partial charge is 0.256 e. The van der Waals surface area contributed by atoms with Crippen LogP contribution < -0.4 is 0 Å². The molecule has 1 amide bonds. The Kier molecular flexibility index (Phi) is 3.91. The van der Waals surface area contributed by atoms with Crippen molar-refractivity contribution in [1.82, 2.24) is 9.27 Å². The molecular weight excluding hydrogens is 308 g/mol. The summed E-state index contributed by atoms with van der Waals surface area (Å²) in [6.45, 7) is 4.18. The molecule has 4 nitrogen and oxygen atoms in total. The van der Waals surface area contributed by atoms with Gasteiger partial charge >= 0.3 is 0 Å². The summed E-state index contributed by atoms with van der Waals surface area (Å²) < 4.78 is 9.99. The van der Waals surface area contributed by atoms with Gasteiger partial charge in [0.05, 0.1) is 17.9 Å². The lowest BCUT2D eigenvalue weighted by Gasteiger charge is -2.32. The lowest BCUT2D eigenvalue weighted by atomic mass is 9.84. The molecule has 120 valence electrons. The van der Waals surface area contributed by atoms with E-state index in [1.807, 2.05) is 18.4 Å². The number of carbonyl (C=O) groups is 1. The molecule has 1 aromatic carbocycles. The molecule has 0 aliphatic carbocycles. The number of aryl methyl sites for hydroxylation is 1. The van der Waals surface area contributed by atoms with Gasteiger partial charge in [0.15, 0.2) is 0 Å². The molecule has 0 bridgehead atoms. The van der Waals surface area contributed by atoms with Crippen LogP contribution in [0.1, 0.15) is 34.0 Å². The van der Waals surface area contributed by atoms with Gasteiger partial charge in [-0.25, -0.2) is 0 Å². The van der Waals surface area contributed by atoms with Crippen molar-refractivity contribution in [3.05, 3.63) is 52.5 Å². The maximum atomic E-state index is 13.0. The Bertz CT molecular complexity index is 700. The summed E-state index contributed by atoms with van der Waals surface area (Å²) in [7, 11) is 0. The van der Waals surface area contributed by atoms with E-state index in [0.29, 0.717) is 11.8 Å². The van der Waals surface area contributed by atoms with E-state index in [0.717, 1.165) is 37.4 Å². The van der Waals surface area contributed by atoms with E-state index < -0.39 is 0 Å². The second-order valence-corrected chi connectivity index (χ2v) is 7.01. The van der Waals surface area contributed by atoms with Crippen molar-refractivity contribution in [2.75, 3.05) is 19.8 Å². The summed E-state index contributed by atoms with van der Waals surface area (Å²) >= 11 is 1.36. The Morgan fingerprint density at radius 2 is 2.17 bits per heavy atom. The van der Waals surface area contributed by atoms with E-state index in [1.165, 1.54) is 17.1 Å². The lowest BCUT2D eigenvalue weighted by molar-refractivity contribution is 0.0188. The molecule has 2 aromatic rings. The summed E-state index contributed by atoms with van der Waals surface area (Å²) in [6, 6.07) is 10.8. The first-order valence-corrected chi connectivity index (χ1v) is 8.94. The van der Waals surface area contributed by atoms with Gasteiger partial charge in [-0.3, -0.25) is 4.79 Å². The van der Waals surface area contributed by atoms with E-state index in [9.17, 15) is 4.79 Å². The van der Waals surface area contributed by atoms with Crippen LogP contribution in [0.25, 0.3) is 0 Å². The third-order valence-electron chi connectivity index (χ3n) is 5.14. The number of hydrogen-bond acceptors (Lipinski definition) is 4. The molecule has 2 aliphatic rings. The largest absolute Gasteiger partial charge is 0.381 e. The van der Waals surface area contributed by atoms with Crippen molar-refractivity contribution in [1.29, 1.82) is 0 Å². The molecular formula is C18H20N2O2S. The summed E-state index contributed by atoms with van der Waals surface area (Å²) in [5.74, 6) is 0.880. The Balaban J connectivity index is 1.66. The monoisotopic (exact) mass is 328 g/mol. The molecule has 2 fully saturated rings. The molecule has 5 heteroatoms. The number of hydrogen-bond donors (Lipinski definition) is 0. The average Bonchev–Trinajstić information content (AvgIpc) is 3.19. The van der Waals surface area contributed by atoms with Gasteiger partial charge in [0.2, 0.25) is 0 Å². The minimum atomic E-state index is 0.131. The first kappa shape index (κ1) is 14.8. The molecule has 0 radical (unpaired) electrons. The van der Waals surface area contributed by atoms with Crippen LogP contribution in [0.5, 0.6) is 0 Å². The number of benzene rings is 1. The Labute approximate surface area is 140 Å². The Morgan fingerprint density at radius 3 is 2.91 bits per heavy atom. The molecule has 3 unspecified atom stereocenters. The first-order valence-electron chi connectivity index (χ1n) is 8.10. The van der Waals surface area contributed by atoms with Crippen molar-refractivity contribution in [2.24, 2.45) is 5.92 Å². The number of aromatic nitrogens is 1. The summed E-state index contributed by atoms with van der Waals surface area (Å²) in [6.07, 6.45) is 0.927. The van der Waals surface area contributed by atoms with Crippen LogP contribution >= 0.6 is 11.5 Å². The second-order valence-electron chi connectivity index (χ2n) is 6.38. The quantitative estimate of drug-likeness (QED) is 0.851. The zero-order chi connectivity index (χ0) is 15.8. The van der Waals surface area contributed by atoms with Gasteiger partial charge in [0, 0.05) is 36.4 Å². The molecule has 4 rings (SSSR count). The molecule has 2 saturated heterocycles. The third-order valence-corrected chi connectivity index (χ3v) is 5.86. The molecule has 23 heavy (non-hydrogen) atoms. The predicted molar refractivity (Wildman–Crippen MR) is 89.8 cm³/mol. The van der Waals surface area contributed by atoms with Gasteiger partial charge in [0.25, 0.3) is 5.91 Å². The Morgan fingerprint density at radius 1 is 1.35 bits per heavy atom. The highest BCUT2D eigenvalue weighted by molar-refractivity contribution is 7.03. The van der Waals surface area contributed by atoms with Crippen LogP contribution in [0.3, 0.4) is 0 Å². The summed E-state index contributed by atoms with van der Waals surface area (Å²) in [5, 5.41) is 1.88. The number of nitrogens with zero attached hydrogens (tertiary/aromatic N) is 2. The van der Waals surface area contributed by atoms with E-state index in [2.05, 4.69) is 33.5 Å². The normalized spacial score (nSPS) is 27.0. The zero-order valence-corrected chi connectivity index (χ0v) is 14.0. The molecule has 0 spiro atoms. The highest BCUT2D eigenvalue weighted by Gasteiger charge is 2.46. The topological polar surface area (TPSA) is 42.4 Å². The third kappa shape index (κ3) is 2.58. The minimum absolute atomic E-state index is 0.131. The van der Waals surface area contributed by atoms with Gasteiger partial charge in [0.1, 0.15) is 0 Å². The molecule has 3 atom stereocenters. The SMILES string of the molecule is Cc1nscc1C(=O)N1CC(c2ccccc2)C2COCCC21. The van der Waals surface area contributed by atoms with E-state index in [1.54, 1.807) is 0 Å². The molecule has 2 aliphatic heterocycles. The van der Waals surface area contributed by atoms with Crippen LogP contribution in [0, 0.1) is 12.8 Å². The van der Waals surface area contributed by atoms with Crippen LogP contribution in [-0.4, -0.2) is 41.0 Å². The Hall–Kier alpha value is -1.72. The number of fused-ring (bicyclic) bond motifs is 1. The van der Waals surface area contributed by atoms with Crippen molar-refractivity contribution in [3.8, 4) is 0 Å².